The molecule has 1 aliphatic rings. The van der Waals surface area contributed by atoms with E-state index in [4.69, 9.17) is 21.1 Å². The molecule has 3 heteroatoms. The first kappa shape index (κ1) is 10.8. The summed E-state index contributed by atoms with van der Waals surface area (Å²) >= 11 is 5.82. The molecule has 82 valence electrons. The van der Waals surface area contributed by atoms with Crippen LogP contribution >= 0.6 is 11.6 Å². The molecule has 1 atom stereocenters. The van der Waals surface area contributed by atoms with Crippen LogP contribution in [-0.2, 0) is 10.6 Å². The van der Waals surface area contributed by atoms with E-state index in [1.165, 1.54) is 0 Å². The number of alkyl halides is 1. The Kier molecular flexibility index (Phi) is 3.87. The first-order valence-electron chi connectivity index (χ1n) is 5.28. The van der Waals surface area contributed by atoms with Crippen molar-refractivity contribution in [3.8, 4) is 5.75 Å². The van der Waals surface area contributed by atoms with Gasteiger partial charge in [0.1, 0.15) is 12.4 Å². The number of para-hydroxylation sites is 1. The molecule has 1 fully saturated rings. The van der Waals surface area contributed by atoms with Crippen molar-refractivity contribution in [1.82, 2.24) is 0 Å². The zero-order chi connectivity index (χ0) is 10.5. The predicted molar refractivity (Wildman–Crippen MR) is 60.5 cm³/mol. The average molecular weight is 227 g/mol. The zero-order valence-corrected chi connectivity index (χ0v) is 9.37. The van der Waals surface area contributed by atoms with E-state index >= 15 is 0 Å². The lowest BCUT2D eigenvalue weighted by molar-refractivity contribution is 0.0677. The Balaban J connectivity index is 1.91. The van der Waals surface area contributed by atoms with Gasteiger partial charge in [0.05, 0.1) is 12.0 Å². The molecule has 0 amide bonds. The second kappa shape index (κ2) is 5.38. The van der Waals surface area contributed by atoms with Crippen LogP contribution in [0.25, 0.3) is 0 Å². The van der Waals surface area contributed by atoms with Gasteiger partial charge < -0.3 is 9.47 Å². The number of hydrogen-bond acceptors (Lipinski definition) is 2. The van der Waals surface area contributed by atoms with Crippen LogP contribution in [0.15, 0.2) is 24.3 Å². The Labute approximate surface area is 95.1 Å². The molecule has 1 aromatic carbocycles. The minimum atomic E-state index is 0.258. The van der Waals surface area contributed by atoms with Crippen molar-refractivity contribution >= 4 is 11.6 Å². The highest BCUT2D eigenvalue weighted by Crippen LogP contribution is 2.21. The Morgan fingerprint density at radius 3 is 3.00 bits per heavy atom. The van der Waals surface area contributed by atoms with E-state index in [-0.39, 0.29) is 6.10 Å². The smallest absolute Gasteiger partial charge is 0.123 e. The third-order valence-corrected chi connectivity index (χ3v) is 2.85. The number of halogens is 1. The Bertz CT molecular complexity index is 308. The standard InChI is InChI=1S/C12H15ClO2/c13-8-10-4-1-2-6-12(10)15-9-11-5-3-7-14-11/h1-2,4,6,11H,3,5,7-9H2. The van der Waals surface area contributed by atoms with Gasteiger partial charge in [0.2, 0.25) is 0 Å². The lowest BCUT2D eigenvalue weighted by atomic mass is 10.2. The van der Waals surface area contributed by atoms with Crippen LogP contribution in [0.1, 0.15) is 18.4 Å². The summed E-state index contributed by atoms with van der Waals surface area (Å²) in [6.07, 6.45) is 2.50. The van der Waals surface area contributed by atoms with Gasteiger partial charge in [-0.05, 0) is 18.9 Å². The quantitative estimate of drug-likeness (QED) is 0.735. The Morgan fingerprint density at radius 1 is 1.40 bits per heavy atom. The molecule has 0 saturated carbocycles. The minimum absolute atomic E-state index is 0.258. The third kappa shape index (κ3) is 2.86. The van der Waals surface area contributed by atoms with Gasteiger partial charge in [-0.3, -0.25) is 0 Å². The van der Waals surface area contributed by atoms with Crippen molar-refractivity contribution in [2.75, 3.05) is 13.2 Å². The molecular formula is C12H15ClO2. The first-order chi connectivity index (χ1) is 7.40. The van der Waals surface area contributed by atoms with Crippen LogP contribution in [0.2, 0.25) is 0 Å². The highest BCUT2D eigenvalue weighted by atomic mass is 35.5. The molecule has 0 bridgehead atoms. The number of hydrogen-bond donors (Lipinski definition) is 0. The fourth-order valence-corrected chi connectivity index (χ4v) is 1.93. The maximum absolute atomic E-state index is 5.82. The van der Waals surface area contributed by atoms with E-state index in [9.17, 15) is 0 Å². The second-order valence-corrected chi connectivity index (χ2v) is 3.95. The summed E-state index contributed by atoms with van der Waals surface area (Å²) in [5, 5.41) is 0. The average Bonchev–Trinajstić information content (AvgIpc) is 2.79. The topological polar surface area (TPSA) is 18.5 Å². The third-order valence-electron chi connectivity index (χ3n) is 2.57. The van der Waals surface area contributed by atoms with Gasteiger partial charge in [-0.15, -0.1) is 11.6 Å². The van der Waals surface area contributed by atoms with E-state index in [1.54, 1.807) is 0 Å². The lowest BCUT2D eigenvalue weighted by Gasteiger charge is -2.13. The fraction of sp³-hybridized carbons (Fsp3) is 0.500. The van der Waals surface area contributed by atoms with E-state index < -0.39 is 0 Å². The number of ether oxygens (including phenoxy) is 2. The molecule has 0 spiro atoms. The van der Waals surface area contributed by atoms with Crippen LogP contribution < -0.4 is 4.74 Å². The van der Waals surface area contributed by atoms with Crippen molar-refractivity contribution in [1.29, 1.82) is 0 Å². The van der Waals surface area contributed by atoms with E-state index in [1.807, 2.05) is 24.3 Å². The molecule has 1 heterocycles. The molecule has 1 unspecified atom stereocenters. The fourth-order valence-electron chi connectivity index (χ4n) is 1.71. The lowest BCUT2D eigenvalue weighted by Crippen LogP contribution is -2.16. The highest BCUT2D eigenvalue weighted by molar-refractivity contribution is 6.17. The van der Waals surface area contributed by atoms with Crippen molar-refractivity contribution in [3.05, 3.63) is 29.8 Å². The van der Waals surface area contributed by atoms with Crippen molar-refractivity contribution < 1.29 is 9.47 Å². The maximum atomic E-state index is 5.82. The molecule has 0 N–H and O–H groups in total. The molecule has 1 saturated heterocycles. The highest BCUT2D eigenvalue weighted by Gasteiger charge is 2.16. The van der Waals surface area contributed by atoms with Gasteiger partial charge in [-0.1, -0.05) is 18.2 Å². The molecular weight excluding hydrogens is 212 g/mol. The van der Waals surface area contributed by atoms with Crippen molar-refractivity contribution in [2.24, 2.45) is 0 Å². The first-order valence-corrected chi connectivity index (χ1v) is 5.82. The van der Waals surface area contributed by atoms with Gasteiger partial charge in [-0.25, -0.2) is 0 Å². The van der Waals surface area contributed by atoms with Crippen LogP contribution in [0, 0.1) is 0 Å². The Morgan fingerprint density at radius 2 is 2.27 bits per heavy atom. The molecule has 1 aromatic rings. The van der Waals surface area contributed by atoms with E-state index in [0.717, 1.165) is 30.8 Å². The molecule has 15 heavy (non-hydrogen) atoms. The summed E-state index contributed by atoms with van der Waals surface area (Å²) in [7, 11) is 0. The molecule has 0 radical (unpaired) electrons. The Hall–Kier alpha value is -0.730. The van der Waals surface area contributed by atoms with Crippen LogP contribution in [0.4, 0.5) is 0 Å². The number of benzene rings is 1. The molecule has 0 aliphatic carbocycles. The normalized spacial score (nSPS) is 20.5. The van der Waals surface area contributed by atoms with Crippen LogP contribution in [0.3, 0.4) is 0 Å². The zero-order valence-electron chi connectivity index (χ0n) is 8.62. The monoisotopic (exact) mass is 226 g/mol. The summed E-state index contributed by atoms with van der Waals surface area (Å²) in [6.45, 7) is 1.50. The van der Waals surface area contributed by atoms with Crippen LogP contribution in [-0.4, -0.2) is 19.3 Å². The summed E-state index contributed by atoms with van der Waals surface area (Å²) < 4.78 is 11.2. The molecule has 1 aliphatic heterocycles. The van der Waals surface area contributed by atoms with Gasteiger partial charge >= 0.3 is 0 Å². The van der Waals surface area contributed by atoms with Gasteiger partial charge in [0.25, 0.3) is 0 Å². The number of rotatable bonds is 4. The summed E-state index contributed by atoms with van der Waals surface area (Å²) in [6, 6.07) is 7.86. The van der Waals surface area contributed by atoms with Gasteiger partial charge in [0, 0.05) is 12.2 Å². The van der Waals surface area contributed by atoms with Gasteiger partial charge in [-0.2, -0.15) is 0 Å². The van der Waals surface area contributed by atoms with Gasteiger partial charge in [0.15, 0.2) is 0 Å². The SMILES string of the molecule is ClCc1ccccc1OCC1CCCO1. The minimum Gasteiger partial charge on any atom is -0.491 e. The van der Waals surface area contributed by atoms with E-state index in [0.29, 0.717) is 12.5 Å². The van der Waals surface area contributed by atoms with Crippen molar-refractivity contribution in [3.63, 3.8) is 0 Å². The predicted octanol–water partition coefficient (Wildman–Crippen LogP) is 2.98. The molecule has 0 aromatic heterocycles. The van der Waals surface area contributed by atoms with E-state index in [2.05, 4.69) is 0 Å². The largest absolute Gasteiger partial charge is 0.491 e. The molecule has 2 rings (SSSR count). The second-order valence-electron chi connectivity index (χ2n) is 3.69. The summed E-state index contributed by atoms with van der Waals surface area (Å²) in [5.41, 5.74) is 1.04. The maximum Gasteiger partial charge on any atom is 0.123 e. The van der Waals surface area contributed by atoms with Crippen molar-refractivity contribution in [2.45, 2.75) is 24.8 Å². The molecule has 2 nitrogen and oxygen atoms in total. The van der Waals surface area contributed by atoms with Crippen LogP contribution in [0.5, 0.6) is 5.75 Å². The summed E-state index contributed by atoms with van der Waals surface area (Å²) in [5.74, 6) is 1.37. The summed E-state index contributed by atoms with van der Waals surface area (Å²) in [4.78, 5) is 0.